The van der Waals surface area contributed by atoms with Gasteiger partial charge in [-0.1, -0.05) is 24.3 Å². The van der Waals surface area contributed by atoms with Gasteiger partial charge in [0.25, 0.3) is 0 Å². The van der Waals surface area contributed by atoms with Crippen LogP contribution in [0.3, 0.4) is 0 Å². The zero-order valence-electron chi connectivity index (χ0n) is 9.34. The first-order chi connectivity index (χ1) is 8.26. The molecule has 0 spiro atoms. The van der Waals surface area contributed by atoms with Crippen molar-refractivity contribution < 1.29 is 9.84 Å². The van der Waals surface area contributed by atoms with Crippen LogP contribution < -0.4 is 4.74 Å². The average Bonchev–Trinajstić information content (AvgIpc) is 2.37. The molecular formula is C14H11NO2. The number of aliphatic hydroxyl groups is 1. The first-order valence-corrected chi connectivity index (χ1v) is 5.12. The molecule has 0 aromatic heterocycles. The molecule has 0 unspecified atom stereocenters. The number of allylic oxidation sites excluding steroid dienone is 1. The molecule has 0 fully saturated rings. The molecule has 3 heteroatoms. The zero-order valence-corrected chi connectivity index (χ0v) is 9.34. The largest absolute Gasteiger partial charge is 0.506 e. The molecule has 2 rings (SSSR count). The minimum Gasteiger partial charge on any atom is -0.506 e. The molecule has 3 nitrogen and oxygen atoms in total. The average molecular weight is 225 g/mol. The lowest BCUT2D eigenvalue weighted by molar-refractivity contribution is 0.409. The summed E-state index contributed by atoms with van der Waals surface area (Å²) in [4.78, 5) is 0. The number of aliphatic hydroxyl groups excluding tert-OH is 1. The Hall–Kier alpha value is -2.47. The van der Waals surface area contributed by atoms with Crippen molar-refractivity contribution in [2.45, 2.75) is 0 Å². The number of hydrogen-bond acceptors (Lipinski definition) is 3. The Labute approximate surface area is 99.2 Å². The molecule has 2 aromatic rings. The SMILES string of the molecule is COc1cc2ccccc2cc1/C(O)=C/C#N. The second kappa shape index (κ2) is 4.58. The van der Waals surface area contributed by atoms with Gasteiger partial charge in [0.05, 0.1) is 24.8 Å². The van der Waals surface area contributed by atoms with E-state index in [4.69, 9.17) is 10.00 Å². The normalized spacial score (nSPS) is 11.2. The van der Waals surface area contributed by atoms with Crippen LogP contribution in [0.5, 0.6) is 5.75 Å². The van der Waals surface area contributed by atoms with Gasteiger partial charge in [-0.25, -0.2) is 0 Å². The number of nitriles is 1. The Morgan fingerprint density at radius 2 is 1.94 bits per heavy atom. The summed E-state index contributed by atoms with van der Waals surface area (Å²) < 4.78 is 5.21. The summed E-state index contributed by atoms with van der Waals surface area (Å²) >= 11 is 0. The number of benzene rings is 2. The molecule has 0 aliphatic carbocycles. The van der Waals surface area contributed by atoms with Crippen LogP contribution in [-0.4, -0.2) is 12.2 Å². The van der Waals surface area contributed by atoms with E-state index >= 15 is 0 Å². The van der Waals surface area contributed by atoms with Gasteiger partial charge in [0, 0.05) is 0 Å². The first kappa shape index (κ1) is 11.0. The lowest BCUT2D eigenvalue weighted by Gasteiger charge is -2.09. The van der Waals surface area contributed by atoms with Gasteiger partial charge in [-0.05, 0) is 22.9 Å². The predicted octanol–water partition coefficient (Wildman–Crippen LogP) is 3.27. The maximum Gasteiger partial charge on any atom is 0.136 e. The van der Waals surface area contributed by atoms with Gasteiger partial charge in [0.2, 0.25) is 0 Å². The van der Waals surface area contributed by atoms with Crippen molar-refractivity contribution in [3.05, 3.63) is 48.0 Å². The van der Waals surface area contributed by atoms with E-state index in [1.807, 2.05) is 30.3 Å². The highest BCUT2D eigenvalue weighted by molar-refractivity contribution is 5.88. The van der Waals surface area contributed by atoms with Crippen LogP contribution in [-0.2, 0) is 0 Å². The van der Waals surface area contributed by atoms with Gasteiger partial charge in [0.15, 0.2) is 0 Å². The molecule has 0 heterocycles. The Balaban J connectivity index is 2.70. The number of rotatable bonds is 2. The van der Waals surface area contributed by atoms with E-state index in [0.717, 1.165) is 16.8 Å². The van der Waals surface area contributed by atoms with E-state index in [0.29, 0.717) is 11.3 Å². The summed E-state index contributed by atoms with van der Waals surface area (Å²) in [6, 6.07) is 13.2. The summed E-state index contributed by atoms with van der Waals surface area (Å²) in [5.74, 6) is 0.461. The van der Waals surface area contributed by atoms with Crippen LogP contribution in [0.25, 0.3) is 16.5 Å². The molecule has 0 saturated carbocycles. The van der Waals surface area contributed by atoms with E-state index in [-0.39, 0.29) is 5.76 Å². The maximum atomic E-state index is 9.75. The van der Waals surface area contributed by atoms with E-state index in [1.54, 1.807) is 12.1 Å². The van der Waals surface area contributed by atoms with Gasteiger partial charge >= 0.3 is 0 Å². The van der Waals surface area contributed by atoms with Crippen LogP contribution in [0.4, 0.5) is 0 Å². The molecule has 0 bridgehead atoms. The lowest BCUT2D eigenvalue weighted by Crippen LogP contribution is -1.91. The van der Waals surface area contributed by atoms with Crippen LogP contribution in [0.15, 0.2) is 42.5 Å². The van der Waals surface area contributed by atoms with Crippen molar-refractivity contribution in [1.82, 2.24) is 0 Å². The standard InChI is InChI=1S/C14H11NO2/c1-17-14-9-11-5-3-2-4-10(11)8-12(14)13(16)6-7-15/h2-6,8-9,16H,1H3/b13-6-. The molecule has 0 aliphatic rings. The number of fused-ring (bicyclic) bond motifs is 1. The number of methoxy groups -OCH3 is 1. The fourth-order valence-electron chi connectivity index (χ4n) is 1.73. The summed E-state index contributed by atoms with van der Waals surface area (Å²) in [5.41, 5.74) is 0.521. The van der Waals surface area contributed by atoms with Gasteiger partial charge in [-0.3, -0.25) is 0 Å². The summed E-state index contributed by atoms with van der Waals surface area (Å²) in [5, 5.41) is 20.3. The van der Waals surface area contributed by atoms with Gasteiger partial charge in [-0.2, -0.15) is 5.26 Å². The van der Waals surface area contributed by atoms with E-state index in [2.05, 4.69) is 0 Å². The van der Waals surface area contributed by atoms with Crippen molar-refractivity contribution >= 4 is 16.5 Å². The third kappa shape index (κ3) is 2.06. The van der Waals surface area contributed by atoms with Crippen molar-refractivity contribution in [1.29, 1.82) is 5.26 Å². The van der Waals surface area contributed by atoms with E-state index < -0.39 is 0 Å². The van der Waals surface area contributed by atoms with Gasteiger partial charge in [0.1, 0.15) is 11.5 Å². The lowest BCUT2D eigenvalue weighted by atomic mass is 10.0. The highest BCUT2D eigenvalue weighted by atomic mass is 16.5. The first-order valence-electron chi connectivity index (χ1n) is 5.12. The monoisotopic (exact) mass is 225 g/mol. The number of nitrogens with zero attached hydrogens (tertiary/aromatic N) is 1. The van der Waals surface area contributed by atoms with E-state index in [1.165, 1.54) is 7.11 Å². The molecule has 0 amide bonds. The molecule has 0 saturated heterocycles. The molecule has 17 heavy (non-hydrogen) atoms. The summed E-state index contributed by atoms with van der Waals surface area (Å²) in [6.45, 7) is 0. The summed E-state index contributed by atoms with van der Waals surface area (Å²) in [7, 11) is 1.53. The van der Waals surface area contributed by atoms with Crippen molar-refractivity contribution in [3.63, 3.8) is 0 Å². The van der Waals surface area contributed by atoms with Crippen molar-refractivity contribution in [2.75, 3.05) is 7.11 Å². The molecule has 0 radical (unpaired) electrons. The number of hydrogen-bond donors (Lipinski definition) is 1. The quantitative estimate of drug-likeness (QED) is 0.630. The smallest absolute Gasteiger partial charge is 0.136 e. The molecule has 0 atom stereocenters. The third-order valence-corrected chi connectivity index (χ3v) is 2.55. The Bertz CT molecular complexity index is 624. The second-order valence-electron chi connectivity index (χ2n) is 3.56. The maximum absolute atomic E-state index is 9.75. The molecule has 1 N–H and O–H groups in total. The van der Waals surface area contributed by atoms with Crippen molar-refractivity contribution in [2.24, 2.45) is 0 Å². The molecular weight excluding hydrogens is 214 g/mol. The Morgan fingerprint density at radius 1 is 1.29 bits per heavy atom. The van der Waals surface area contributed by atoms with Crippen molar-refractivity contribution in [3.8, 4) is 11.8 Å². The highest BCUT2D eigenvalue weighted by Crippen LogP contribution is 2.29. The fraction of sp³-hybridized carbons (Fsp3) is 0.0714. The van der Waals surface area contributed by atoms with Gasteiger partial charge < -0.3 is 9.84 Å². The molecule has 84 valence electrons. The van der Waals surface area contributed by atoms with Crippen LogP contribution in [0, 0.1) is 11.3 Å². The molecule has 0 aliphatic heterocycles. The van der Waals surface area contributed by atoms with Crippen LogP contribution >= 0.6 is 0 Å². The minimum absolute atomic E-state index is 0.0879. The number of ether oxygens (including phenoxy) is 1. The topological polar surface area (TPSA) is 53.2 Å². The summed E-state index contributed by atoms with van der Waals surface area (Å²) in [6.07, 6.45) is 1.09. The fourth-order valence-corrected chi connectivity index (χ4v) is 1.73. The highest BCUT2D eigenvalue weighted by Gasteiger charge is 2.08. The van der Waals surface area contributed by atoms with E-state index in [9.17, 15) is 5.11 Å². The Morgan fingerprint density at radius 3 is 2.53 bits per heavy atom. The zero-order chi connectivity index (χ0) is 12.3. The predicted molar refractivity (Wildman–Crippen MR) is 66.7 cm³/mol. The third-order valence-electron chi connectivity index (χ3n) is 2.55. The molecule has 2 aromatic carbocycles. The second-order valence-corrected chi connectivity index (χ2v) is 3.56. The Kier molecular flexibility index (Phi) is 2.97. The van der Waals surface area contributed by atoms with Crippen LogP contribution in [0.2, 0.25) is 0 Å². The van der Waals surface area contributed by atoms with Gasteiger partial charge in [-0.15, -0.1) is 0 Å². The minimum atomic E-state index is -0.0879. The van der Waals surface area contributed by atoms with Crippen LogP contribution in [0.1, 0.15) is 5.56 Å².